The van der Waals surface area contributed by atoms with Crippen LogP contribution in [0.5, 0.6) is 0 Å². The zero-order chi connectivity index (χ0) is 61.0. The molecular weight excluding hydrogens is 1160 g/mol. The van der Waals surface area contributed by atoms with E-state index < -0.39 is 195 Å². The molecule has 1 heterocycles. The normalized spacial score (nSPS) is 13.2. The van der Waals surface area contributed by atoms with E-state index in [1.54, 1.807) is 0 Å². The summed E-state index contributed by atoms with van der Waals surface area (Å²) in [6.45, 7) is 0.797. The number of benzene rings is 7. The Hall–Kier alpha value is -8.00. The molecule has 0 saturated heterocycles. The van der Waals surface area contributed by atoms with Gasteiger partial charge in [-0.25, -0.2) is 4.57 Å². The predicted octanol–water partition coefficient (Wildman–Crippen LogP) is 15.6. The third-order valence-electron chi connectivity index (χ3n) is 12.8. The highest BCUT2D eigenvalue weighted by Gasteiger charge is 2.47. The molecule has 0 aliphatic heterocycles. The molecule has 0 radical (unpaired) electrons. The summed E-state index contributed by atoms with van der Waals surface area (Å²) in [5, 5.41) is 2.23. The molecule has 0 aliphatic rings. The number of halogens is 24. The van der Waals surface area contributed by atoms with Crippen LogP contribution in [0, 0.1) is 0 Å². The third kappa shape index (κ3) is 13.8. The van der Waals surface area contributed by atoms with E-state index >= 15 is 0 Å². The molecule has 0 fully saturated rings. The molecule has 7 aromatic carbocycles. The molecule has 27 heteroatoms. The maximum atomic E-state index is 14.2. The highest BCUT2D eigenvalue weighted by Crippen LogP contribution is 2.41. The van der Waals surface area contributed by atoms with Gasteiger partial charge in [-0.3, -0.25) is 4.79 Å². The Labute approximate surface area is 445 Å². The van der Waals surface area contributed by atoms with Gasteiger partial charge < -0.3 is 0 Å². The summed E-state index contributed by atoms with van der Waals surface area (Å²) in [6, 6.07) is 19.2. The van der Waals surface area contributed by atoms with Crippen LogP contribution in [0.15, 0.2) is 170 Å². The number of ketones is 1. The van der Waals surface area contributed by atoms with Crippen LogP contribution in [0.25, 0.3) is 10.8 Å². The number of carbonyl (C=O) groups excluding carboxylic acids is 1. The van der Waals surface area contributed by atoms with E-state index in [9.17, 15) is 110 Å². The molecule has 8 rings (SSSR count). The second-order valence-corrected chi connectivity index (χ2v) is 18.4. The summed E-state index contributed by atoms with van der Waals surface area (Å²) in [5.74, 6) is 0.0533. The number of nitrogens with zero attached hydrogens (tertiary/aromatic N) is 1. The number of hydrogen-bond acceptors (Lipinski definition) is 1. The van der Waals surface area contributed by atoms with Gasteiger partial charge >= 0.3 is 49.4 Å². The standard InChI is InChI=1S/C32H12BF24.C23H18NO/c34-25(35,36)13-1-14(26(37,38)39)6-21(5-13)33(22-7-15(27(40,41)42)2-16(8-22)28(43,44)45,23-9-17(29(46,47)48)3-18(10-23)30(49,50)51)24-11-19(31(52,53)54)4-20(12-24)32(55,56)57;25-23(22-11-10-19-8-4-5-9-21(19)16-22)20-12-14-24(15-13-20)17-18-6-2-1-3-7-18/h1-12H;1-16H,17H2/q-1;+1. The van der Waals surface area contributed by atoms with E-state index in [4.69, 9.17) is 0 Å². The van der Waals surface area contributed by atoms with Crippen LogP contribution < -0.4 is 26.4 Å². The highest BCUT2D eigenvalue weighted by molar-refractivity contribution is 7.20. The Morgan fingerprint density at radius 2 is 0.585 bits per heavy atom. The van der Waals surface area contributed by atoms with Gasteiger partial charge in [-0.2, -0.15) is 127 Å². The molecule has 1 aromatic heterocycles. The minimum atomic E-state index is -6.13. The van der Waals surface area contributed by atoms with Crippen molar-refractivity contribution in [2.24, 2.45) is 0 Å². The Kier molecular flexibility index (Phi) is 16.3. The minimum Gasteiger partial charge on any atom is -0.289 e. The zero-order valence-corrected chi connectivity index (χ0v) is 40.4. The first-order chi connectivity index (χ1) is 37.6. The lowest BCUT2D eigenvalue weighted by Gasteiger charge is -2.46. The number of rotatable bonds is 8. The summed E-state index contributed by atoms with van der Waals surface area (Å²) >= 11 is 0. The van der Waals surface area contributed by atoms with Gasteiger partial charge in [-0.1, -0.05) is 115 Å². The van der Waals surface area contributed by atoms with Crippen LogP contribution in [0.1, 0.15) is 66.0 Å². The van der Waals surface area contributed by atoms with Gasteiger partial charge in [-0.15, -0.1) is 0 Å². The van der Waals surface area contributed by atoms with E-state index in [0.717, 1.165) is 22.9 Å². The molecule has 0 N–H and O–H groups in total. The van der Waals surface area contributed by atoms with Gasteiger partial charge in [0.1, 0.15) is 6.15 Å². The van der Waals surface area contributed by atoms with Crippen molar-refractivity contribution in [2.45, 2.75) is 56.0 Å². The van der Waals surface area contributed by atoms with Crippen LogP contribution in [0.2, 0.25) is 0 Å². The topological polar surface area (TPSA) is 20.9 Å². The quantitative estimate of drug-likeness (QED) is 0.0643. The molecule has 82 heavy (non-hydrogen) atoms. The van der Waals surface area contributed by atoms with Crippen molar-refractivity contribution in [1.29, 1.82) is 0 Å². The van der Waals surface area contributed by atoms with E-state index in [0.29, 0.717) is 5.56 Å². The van der Waals surface area contributed by atoms with Crippen LogP contribution in [-0.4, -0.2) is 11.9 Å². The molecular formula is C55H30BF24NO. The zero-order valence-electron chi connectivity index (χ0n) is 40.4. The van der Waals surface area contributed by atoms with Crippen molar-refractivity contribution in [3.8, 4) is 0 Å². The van der Waals surface area contributed by atoms with Gasteiger partial charge in [0.25, 0.3) is 0 Å². The van der Waals surface area contributed by atoms with Crippen molar-refractivity contribution in [3.05, 3.63) is 231 Å². The van der Waals surface area contributed by atoms with Gasteiger partial charge in [0, 0.05) is 28.8 Å². The molecule has 432 valence electrons. The fraction of sp³-hybridized carbons (Fsp3) is 0.164. The second-order valence-electron chi connectivity index (χ2n) is 18.4. The summed E-state index contributed by atoms with van der Waals surface area (Å²) in [7, 11) is 0. The van der Waals surface area contributed by atoms with Crippen LogP contribution >= 0.6 is 0 Å². The summed E-state index contributed by atoms with van der Waals surface area (Å²) in [4.78, 5) is 12.8. The number of alkyl halides is 24. The first-order valence-corrected chi connectivity index (χ1v) is 23.0. The minimum absolute atomic E-state index is 0.0533. The number of fused-ring (bicyclic) bond motifs is 1. The van der Waals surface area contributed by atoms with Crippen molar-refractivity contribution in [2.75, 3.05) is 0 Å². The van der Waals surface area contributed by atoms with Crippen molar-refractivity contribution in [1.82, 2.24) is 0 Å². The lowest BCUT2D eigenvalue weighted by molar-refractivity contribution is -0.688. The Morgan fingerprint density at radius 1 is 0.305 bits per heavy atom. The van der Waals surface area contributed by atoms with E-state index in [1.165, 1.54) is 5.56 Å². The fourth-order valence-corrected chi connectivity index (χ4v) is 9.08. The maximum Gasteiger partial charge on any atom is 0.416 e. The van der Waals surface area contributed by atoms with Gasteiger partial charge in [0.2, 0.25) is 0 Å². The number of carbonyl (C=O) groups is 1. The second kappa shape index (κ2) is 21.7. The molecule has 0 spiro atoms. The monoisotopic (exact) mass is 1190 g/mol. The largest absolute Gasteiger partial charge is 0.416 e. The Balaban J connectivity index is 0.000000318. The van der Waals surface area contributed by atoms with E-state index in [1.807, 2.05) is 79.1 Å². The average Bonchev–Trinajstić information content (AvgIpc) is 1.17. The summed E-state index contributed by atoms with van der Waals surface area (Å²) in [6.07, 6.45) is -50.9. The Morgan fingerprint density at radius 3 is 0.878 bits per heavy atom. The highest BCUT2D eigenvalue weighted by atomic mass is 19.4. The van der Waals surface area contributed by atoms with Gasteiger partial charge in [0.15, 0.2) is 24.7 Å². The lowest BCUT2D eigenvalue weighted by Crippen LogP contribution is -2.75. The molecule has 0 unspecified atom stereocenters. The molecule has 8 aromatic rings. The molecule has 0 bridgehead atoms. The molecule has 0 atom stereocenters. The fourth-order valence-electron chi connectivity index (χ4n) is 9.08. The summed E-state index contributed by atoms with van der Waals surface area (Å²) in [5.41, 5.74) is -27.5. The smallest absolute Gasteiger partial charge is 0.289 e. The first-order valence-electron chi connectivity index (χ1n) is 23.0. The SMILES string of the molecule is FC(F)(F)c1cc([B-](c2cc(C(F)(F)F)cc(C(F)(F)F)c2)(c2cc(C(F)(F)F)cc(C(F)(F)F)c2)c2cc(C(F)(F)F)cc(C(F)(F)F)c2)cc(C(F)(F)F)c1.O=C(c1cc[n+](Cc2ccccc2)cc1)c1ccc2ccccc2c1. The molecule has 0 saturated carbocycles. The third-order valence-corrected chi connectivity index (χ3v) is 12.8. The first kappa shape index (κ1) is 61.6. The van der Waals surface area contributed by atoms with Crippen molar-refractivity contribution < 1.29 is 115 Å². The number of aromatic nitrogens is 1. The molecule has 0 amide bonds. The average molecular weight is 1190 g/mol. The van der Waals surface area contributed by atoms with Gasteiger partial charge in [-0.05, 0) is 41.1 Å². The number of hydrogen-bond donors (Lipinski definition) is 0. The van der Waals surface area contributed by atoms with Crippen molar-refractivity contribution in [3.63, 3.8) is 0 Å². The van der Waals surface area contributed by atoms with Crippen molar-refractivity contribution >= 4 is 44.6 Å². The molecule has 2 nitrogen and oxygen atoms in total. The number of pyridine rings is 1. The van der Waals surface area contributed by atoms with Crippen LogP contribution in [0.3, 0.4) is 0 Å². The lowest BCUT2D eigenvalue weighted by atomic mass is 9.12. The Bertz CT molecular complexity index is 3190. The van der Waals surface area contributed by atoms with E-state index in [-0.39, 0.29) is 5.78 Å². The molecule has 0 aliphatic carbocycles. The summed E-state index contributed by atoms with van der Waals surface area (Å²) < 4.78 is 343. The predicted molar refractivity (Wildman–Crippen MR) is 250 cm³/mol. The van der Waals surface area contributed by atoms with Crippen LogP contribution in [0.4, 0.5) is 105 Å². The van der Waals surface area contributed by atoms with Crippen LogP contribution in [-0.2, 0) is 56.0 Å². The van der Waals surface area contributed by atoms with E-state index in [2.05, 4.69) is 22.8 Å². The van der Waals surface area contributed by atoms with Gasteiger partial charge in [0.05, 0.1) is 44.5 Å². The maximum absolute atomic E-state index is 14.2.